The first-order valence-corrected chi connectivity index (χ1v) is 21.2. The Morgan fingerprint density at radius 2 is 1.53 bits per heavy atom. The van der Waals surface area contributed by atoms with Crippen molar-refractivity contribution in [2.45, 2.75) is 95.2 Å². The summed E-state index contributed by atoms with van der Waals surface area (Å²) in [6.45, 7) is 6.16. The van der Waals surface area contributed by atoms with E-state index in [1.54, 1.807) is 56.2 Å². The zero-order chi connectivity index (χ0) is 48.0. The summed E-state index contributed by atoms with van der Waals surface area (Å²) >= 11 is 0. The molecule has 352 valence electrons. The van der Waals surface area contributed by atoms with Crippen LogP contribution in [-0.4, -0.2) is 92.7 Å². The van der Waals surface area contributed by atoms with Crippen LogP contribution in [0.2, 0.25) is 0 Å². The number of hydrogen-bond donors (Lipinski definition) is 7. The van der Waals surface area contributed by atoms with E-state index in [0.29, 0.717) is 68.3 Å². The average molecular weight is 925 g/mol. The third-order valence-electron chi connectivity index (χ3n) is 11.2. The van der Waals surface area contributed by atoms with Gasteiger partial charge in [-0.05, 0) is 118 Å². The van der Waals surface area contributed by atoms with Crippen LogP contribution in [0, 0.1) is 17.7 Å². The van der Waals surface area contributed by atoms with E-state index in [4.69, 9.17) is 9.84 Å². The van der Waals surface area contributed by atoms with Crippen molar-refractivity contribution >= 4 is 41.4 Å². The van der Waals surface area contributed by atoms with Gasteiger partial charge in [-0.3, -0.25) is 24.3 Å². The Kier molecular flexibility index (Phi) is 14.8. The van der Waals surface area contributed by atoms with E-state index < -0.39 is 76.8 Å². The number of H-pyrrole nitrogens is 1. The number of rotatable bonds is 15. The van der Waals surface area contributed by atoms with Gasteiger partial charge in [0.15, 0.2) is 5.82 Å². The van der Waals surface area contributed by atoms with Gasteiger partial charge in [-0.15, -0.1) is 0 Å². The Morgan fingerprint density at radius 1 is 0.879 bits per heavy atom. The number of nitrogens with zero attached hydrogens (tertiary/aromatic N) is 2. The topological polar surface area (TPSA) is 234 Å². The number of carboxylic acids is 1. The fourth-order valence-corrected chi connectivity index (χ4v) is 7.51. The lowest BCUT2D eigenvalue weighted by Gasteiger charge is -2.29. The summed E-state index contributed by atoms with van der Waals surface area (Å²) < 4.78 is 76.7. The summed E-state index contributed by atoms with van der Waals surface area (Å²) in [5.41, 5.74) is 1.00. The van der Waals surface area contributed by atoms with E-state index in [-0.39, 0.29) is 41.0 Å². The molecule has 6 rings (SSSR count). The molecule has 1 saturated heterocycles. The Bertz CT molecular complexity index is 2430. The lowest BCUT2D eigenvalue weighted by Crippen LogP contribution is -2.50. The van der Waals surface area contributed by atoms with E-state index in [1.807, 2.05) is 0 Å². The average Bonchev–Trinajstić information content (AvgIpc) is 3.78. The number of amides is 5. The fraction of sp³-hybridized carbons (Fsp3) is 0.422. The Hall–Kier alpha value is -6.93. The summed E-state index contributed by atoms with van der Waals surface area (Å²) in [6, 6.07) is 14.3. The second-order valence-corrected chi connectivity index (χ2v) is 17.2. The Balaban J connectivity index is 1.14. The quantitative estimate of drug-likeness (QED) is 0.0678. The minimum Gasteiger partial charge on any atom is -0.477 e. The molecule has 21 heteroatoms. The highest BCUT2D eigenvalue weighted by Gasteiger charge is 2.65. The molecule has 2 unspecified atom stereocenters. The van der Waals surface area contributed by atoms with E-state index in [1.165, 1.54) is 36.4 Å². The maximum Gasteiger partial charge on any atom is 0.411 e. The van der Waals surface area contributed by atoms with E-state index in [2.05, 4.69) is 36.7 Å². The van der Waals surface area contributed by atoms with E-state index >= 15 is 4.39 Å². The lowest BCUT2D eigenvalue weighted by atomic mass is 9.81. The molecule has 2 heterocycles. The maximum atomic E-state index is 15.2. The molecule has 2 aliphatic rings. The SMILES string of the molecule is CC(C)(C)OC(=O)NCC1CCC(C(=O)NC(Cc2ccc(-c3ccc(C(=O)NC4CCCNC4=O)c(F)c3)cc2)C(=O)Nc2ccc(-c3n[nH]c(C(F)(F)C(F)(F)C(=O)O)n3)cc2)CC1. The van der Waals surface area contributed by atoms with E-state index in [9.17, 15) is 46.3 Å². The molecular formula is C45H49F5N8O8. The first-order chi connectivity index (χ1) is 31.1. The van der Waals surface area contributed by atoms with E-state index in [0.717, 1.165) is 0 Å². The largest absolute Gasteiger partial charge is 0.477 e. The van der Waals surface area contributed by atoms with Crippen LogP contribution < -0.4 is 26.6 Å². The van der Waals surface area contributed by atoms with Crippen LogP contribution in [0.25, 0.3) is 22.5 Å². The molecule has 66 heavy (non-hydrogen) atoms. The molecule has 2 atom stereocenters. The summed E-state index contributed by atoms with van der Waals surface area (Å²) in [7, 11) is 0. The van der Waals surface area contributed by atoms with Gasteiger partial charge < -0.3 is 36.4 Å². The van der Waals surface area contributed by atoms with Gasteiger partial charge in [0.1, 0.15) is 23.5 Å². The predicted octanol–water partition coefficient (Wildman–Crippen LogP) is 6.10. The predicted molar refractivity (Wildman–Crippen MR) is 228 cm³/mol. The minimum atomic E-state index is -5.48. The highest BCUT2D eigenvalue weighted by Crippen LogP contribution is 2.42. The molecule has 3 aromatic carbocycles. The number of aromatic nitrogens is 3. The standard InChI is InChI=1S/C45H49F5N8O8/c1-43(2,3)66-42(65)52-23-25-8-12-28(13-9-25)36(59)55-34(39(62)53-30-17-14-27(15-18-30)35-56-40(58-57-35)44(47,48)45(49,50)41(63)64)21-24-6-10-26(11-7-24)29-16-19-31(32(46)22-29)37(60)54-33-5-4-20-51-38(33)61/h6-7,10-11,14-19,22,25,28,33-34H,4-5,8-9,12-13,20-21,23H2,1-3H3,(H,51,61)(H,52,65)(H,53,62)(H,54,60)(H,55,59)(H,63,64)(H,56,57,58). The number of alkyl carbamates (subject to hydrolysis) is 1. The highest BCUT2D eigenvalue weighted by atomic mass is 19.3. The third kappa shape index (κ3) is 11.8. The maximum absolute atomic E-state index is 15.2. The van der Waals surface area contributed by atoms with Crippen molar-refractivity contribution in [1.82, 2.24) is 36.4 Å². The zero-order valence-corrected chi connectivity index (χ0v) is 36.1. The number of ether oxygens (including phenoxy) is 1. The van der Waals surface area contributed by atoms with Gasteiger partial charge in [-0.25, -0.2) is 19.0 Å². The van der Waals surface area contributed by atoms with Gasteiger partial charge >= 0.3 is 23.9 Å². The molecule has 4 aromatic rings. The number of hydrogen-bond acceptors (Lipinski definition) is 9. The van der Waals surface area contributed by atoms with Crippen LogP contribution in [0.1, 0.15) is 81.0 Å². The number of carbonyl (C=O) groups is 6. The highest BCUT2D eigenvalue weighted by molar-refractivity contribution is 5.99. The van der Waals surface area contributed by atoms with Crippen LogP contribution in [0.5, 0.6) is 0 Å². The van der Waals surface area contributed by atoms with Crippen molar-refractivity contribution in [3.8, 4) is 22.5 Å². The van der Waals surface area contributed by atoms with Gasteiger partial charge in [0, 0.05) is 36.7 Å². The molecular weight excluding hydrogens is 876 g/mol. The van der Waals surface area contributed by atoms with Crippen molar-refractivity contribution in [3.05, 3.63) is 89.5 Å². The lowest BCUT2D eigenvalue weighted by molar-refractivity contribution is -0.231. The van der Waals surface area contributed by atoms with Gasteiger partial charge in [0.25, 0.3) is 5.91 Å². The van der Waals surface area contributed by atoms with Gasteiger partial charge in [0.05, 0.1) is 5.56 Å². The number of benzene rings is 3. The van der Waals surface area contributed by atoms with Crippen molar-refractivity contribution in [2.24, 2.45) is 11.8 Å². The number of carbonyl (C=O) groups excluding carboxylic acids is 5. The Labute approximate surface area is 375 Å². The molecule has 0 bridgehead atoms. The number of anilines is 1. The van der Waals surface area contributed by atoms with Crippen molar-refractivity contribution in [2.75, 3.05) is 18.4 Å². The first-order valence-electron chi connectivity index (χ1n) is 21.2. The summed E-state index contributed by atoms with van der Waals surface area (Å²) in [5.74, 6) is -19.0. The molecule has 2 fully saturated rings. The molecule has 1 aromatic heterocycles. The number of halogens is 5. The van der Waals surface area contributed by atoms with Crippen LogP contribution in [0.15, 0.2) is 66.7 Å². The molecule has 0 spiro atoms. The summed E-state index contributed by atoms with van der Waals surface area (Å²) in [4.78, 5) is 78.8. The molecule has 7 N–H and O–H groups in total. The Morgan fingerprint density at radius 3 is 2.15 bits per heavy atom. The van der Waals surface area contributed by atoms with Crippen LogP contribution in [0.4, 0.5) is 32.4 Å². The van der Waals surface area contributed by atoms with Crippen LogP contribution in [0.3, 0.4) is 0 Å². The van der Waals surface area contributed by atoms with Crippen molar-refractivity contribution in [3.63, 3.8) is 0 Å². The van der Waals surface area contributed by atoms with Gasteiger partial charge in [-0.1, -0.05) is 30.3 Å². The van der Waals surface area contributed by atoms with Crippen LogP contribution >= 0.6 is 0 Å². The summed E-state index contributed by atoms with van der Waals surface area (Å²) in [5, 5.41) is 27.4. The van der Waals surface area contributed by atoms with Gasteiger partial charge in [-0.2, -0.15) is 22.7 Å². The minimum absolute atomic E-state index is 0.00244. The van der Waals surface area contributed by atoms with Gasteiger partial charge in [0.2, 0.25) is 23.5 Å². The fourth-order valence-electron chi connectivity index (χ4n) is 7.51. The molecule has 0 radical (unpaired) electrons. The van der Waals surface area contributed by atoms with Crippen molar-refractivity contribution in [1.29, 1.82) is 0 Å². The first kappa shape index (κ1) is 48.5. The second kappa shape index (κ2) is 20.1. The number of alkyl halides is 4. The number of aliphatic carboxylic acids is 1. The number of nitrogens with one attached hydrogen (secondary N) is 6. The molecule has 1 aliphatic carbocycles. The number of carboxylic acid groups (broad SMARTS) is 1. The molecule has 1 saturated carbocycles. The molecule has 5 amide bonds. The van der Waals surface area contributed by atoms with Crippen LogP contribution in [-0.2, 0) is 36.3 Å². The zero-order valence-electron chi connectivity index (χ0n) is 36.1. The monoisotopic (exact) mass is 924 g/mol. The smallest absolute Gasteiger partial charge is 0.411 e. The summed E-state index contributed by atoms with van der Waals surface area (Å²) in [6.07, 6.45) is 2.84. The third-order valence-corrected chi connectivity index (χ3v) is 11.2. The number of piperidine rings is 1. The molecule has 16 nitrogen and oxygen atoms in total. The second-order valence-electron chi connectivity index (χ2n) is 17.2. The normalized spacial score (nSPS) is 18.3. The number of aromatic amines is 1. The molecule has 1 aliphatic heterocycles. The van der Waals surface area contributed by atoms with Crippen molar-refractivity contribution < 1.29 is 60.6 Å².